The zero-order chi connectivity index (χ0) is 105. The van der Waals surface area contributed by atoms with Crippen LogP contribution in [0.15, 0.2) is 169 Å². The minimum atomic E-state index is -1.25. The first-order chi connectivity index (χ1) is 67.9. The van der Waals surface area contributed by atoms with Crippen LogP contribution in [-0.4, -0.2) is 131 Å². The SMILES string of the molecule is COc1cc(OCc2ncc(C)cc2F)c(Cl)c(=O)n1-c1cc(-c2ccnc(C(C)(C)O)n2)ncc1C.Cc1cnc(COc2cc(C)c(-c3cc(-c4ccnc(C(C)(C)O)n4)ncc3C)nc2Cl)c(F)c1.Cc1cnc(COc2nc(C)c(-c3cc(-c4ccnc(C(C)(C)O)n4)ncc3C)c(F)c2Cl)c(F)c1.Cc1cnc(COc2nc(C)n(-c3cc(-c4ccnc(C(C)(C)O)n4)ncc3C)c(=O)c2Cl)c(F)c1. The molecule has 4 N–H and O–H groups in total. The minimum Gasteiger partial charge on any atom is -0.485 e. The molecule has 144 heavy (non-hydrogen) atoms. The molecule has 0 spiro atoms. The Morgan fingerprint density at radius 1 is 0.340 bits per heavy atom. The lowest BCUT2D eigenvalue weighted by atomic mass is 9.99. The molecule has 32 nitrogen and oxygen atoms in total. The van der Waals surface area contributed by atoms with Crippen molar-refractivity contribution in [3.63, 3.8) is 0 Å². The molecule has 41 heteroatoms. The van der Waals surface area contributed by atoms with E-state index in [1.165, 1.54) is 83.8 Å². The molecule has 0 radical (unpaired) electrons. The van der Waals surface area contributed by atoms with Crippen molar-refractivity contribution in [2.24, 2.45) is 0 Å². The highest BCUT2D eigenvalue weighted by Gasteiger charge is 2.30. The number of halogens is 9. The molecular formula is C103H98Cl4F5N21O11. The Balaban J connectivity index is 0.000000161. The molecule has 0 aliphatic heterocycles. The van der Waals surface area contributed by atoms with Gasteiger partial charge in [0, 0.05) is 91.6 Å². The fraction of sp³-hybridized carbons (Fsp3) is 0.272. The van der Waals surface area contributed by atoms with Crippen LogP contribution in [0.5, 0.6) is 29.1 Å². The van der Waals surface area contributed by atoms with Gasteiger partial charge < -0.3 is 44.1 Å². The van der Waals surface area contributed by atoms with Gasteiger partial charge in [0.15, 0.2) is 45.0 Å². The Labute approximate surface area is 844 Å². The summed E-state index contributed by atoms with van der Waals surface area (Å²) < 4.78 is 103. The van der Waals surface area contributed by atoms with Crippen molar-refractivity contribution < 1.29 is 66.1 Å². The molecule has 0 saturated carbocycles. The Hall–Kier alpha value is -14.7. The summed E-state index contributed by atoms with van der Waals surface area (Å²) in [7, 11) is 1.40. The molecule has 0 unspecified atom stereocenters. The predicted octanol–water partition coefficient (Wildman–Crippen LogP) is 19.5. The van der Waals surface area contributed by atoms with Crippen molar-refractivity contribution >= 4 is 46.4 Å². The Kier molecular flexibility index (Phi) is 32.9. The summed E-state index contributed by atoms with van der Waals surface area (Å²) in [5.74, 6) is -1.18. The summed E-state index contributed by atoms with van der Waals surface area (Å²) in [5, 5.41) is 40.4. The molecule has 16 aromatic rings. The summed E-state index contributed by atoms with van der Waals surface area (Å²) in [6.45, 7) is 31.4. The molecular weight excluding hydrogens is 1940 g/mol. The summed E-state index contributed by atoms with van der Waals surface area (Å²) in [6, 6.07) is 22.3. The maximum Gasteiger partial charge on any atom is 0.280 e. The van der Waals surface area contributed by atoms with Gasteiger partial charge in [-0.25, -0.2) is 76.4 Å². The number of methoxy groups -OCH3 is 1. The highest BCUT2D eigenvalue weighted by atomic mass is 35.5. The van der Waals surface area contributed by atoms with E-state index in [1.54, 1.807) is 203 Å². The van der Waals surface area contributed by atoms with Crippen LogP contribution in [0.4, 0.5) is 22.0 Å². The average Bonchev–Trinajstić information content (AvgIpc) is 0.779. The highest BCUT2D eigenvalue weighted by molar-refractivity contribution is 6.33. The fourth-order valence-electron chi connectivity index (χ4n) is 14.0. The third-order valence-corrected chi connectivity index (χ3v) is 23.0. The van der Waals surface area contributed by atoms with Crippen LogP contribution in [-0.2, 0) is 48.8 Å². The van der Waals surface area contributed by atoms with Crippen molar-refractivity contribution in [3.05, 3.63) is 337 Å². The van der Waals surface area contributed by atoms with Gasteiger partial charge in [0.2, 0.25) is 17.6 Å². The second-order valence-corrected chi connectivity index (χ2v) is 37.1. The monoisotopic (exact) mass is 2040 g/mol. The van der Waals surface area contributed by atoms with Crippen LogP contribution >= 0.6 is 46.4 Å². The van der Waals surface area contributed by atoms with E-state index in [4.69, 9.17) is 70.1 Å². The average molecular weight is 2040 g/mol. The smallest absolute Gasteiger partial charge is 0.280 e. The first kappa shape index (κ1) is 107. The minimum absolute atomic E-state index is 0.0269. The molecule has 744 valence electrons. The van der Waals surface area contributed by atoms with Crippen LogP contribution in [0.1, 0.15) is 163 Å². The van der Waals surface area contributed by atoms with Crippen LogP contribution in [0.2, 0.25) is 20.2 Å². The van der Waals surface area contributed by atoms with Crippen LogP contribution in [0.25, 0.3) is 79.3 Å². The van der Waals surface area contributed by atoms with Crippen molar-refractivity contribution in [1.82, 2.24) is 104 Å². The maximum atomic E-state index is 15.6. The number of nitrogens with zero attached hydrogens (tertiary/aromatic N) is 21. The normalized spacial score (nSPS) is 11.5. The second-order valence-electron chi connectivity index (χ2n) is 35.6. The van der Waals surface area contributed by atoms with Crippen molar-refractivity contribution in [1.29, 1.82) is 0 Å². The first-order valence-corrected chi connectivity index (χ1v) is 45.8. The number of pyridine rings is 11. The van der Waals surface area contributed by atoms with E-state index in [1.807, 2.05) is 19.9 Å². The second kappa shape index (κ2) is 44.4. The number of rotatable bonds is 25. The van der Waals surface area contributed by atoms with Gasteiger partial charge in [0.25, 0.3) is 11.1 Å². The maximum absolute atomic E-state index is 15.6. The van der Waals surface area contributed by atoms with E-state index in [0.29, 0.717) is 125 Å². The van der Waals surface area contributed by atoms with E-state index in [2.05, 4.69) is 94.7 Å². The summed E-state index contributed by atoms with van der Waals surface area (Å²) >= 11 is 25.5. The summed E-state index contributed by atoms with van der Waals surface area (Å²) in [6.07, 6.45) is 18.8. The van der Waals surface area contributed by atoms with E-state index in [0.717, 1.165) is 22.3 Å². The van der Waals surface area contributed by atoms with Crippen molar-refractivity contribution in [2.45, 2.75) is 180 Å². The van der Waals surface area contributed by atoms with Crippen molar-refractivity contribution in [3.8, 4) is 108 Å². The zero-order valence-electron chi connectivity index (χ0n) is 81.8. The molecule has 0 atom stereocenters. The molecule has 0 fully saturated rings. The summed E-state index contributed by atoms with van der Waals surface area (Å²) in [5.41, 5.74) is 8.29. The lowest BCUT2D eigenvalue weighted by Gasteiger charge is -2.18. The highest BCUT2D eigenvalue weighted by Crippen LogP contribution is 2.41. The van der Waals surface area contributed by atoms with Crippen LogP contribution < -0.4 is 34.8 Å². The quantitative estimate of drug-likeness (QED) is 0.0305. The van der Waals surface area contributed by atoms with Crippen LogP contribution in [0.3, 0.4) is 0 Å². The first-order valence-electron chi connectivity index (χ1n) is 44.3. The molecule has 0 bridgehead atoms. The Bertz CT molecular complexity index is 7700. The molecule has 0 amide bonds. The van der Waals surface area contributed by atoms with Gasteiger partial charge in [-0.2, -0.15) is 4.98 Å². The topological polar surface area (TPSA) is 416 Å². The third kappa shape index (κ3) is 25.3. The molecule has 16 aromatic heterocycles. The standard InChI is InChI=1S/C26H24ClF2N5O2.C26H25ClFN5O4.C26H25ClFN5O2.C25H24ClFN6O3/c1-13-8-17(28)20(31-10-13)12-36-24-22(27)23(29)21(15(3)33-24)16-9-19(32-11-14(16)2)18-6-7-30-25(34-18)26(4,5)35;1-14-8-16(28)19(30-11-14)13-37-21-10-22(36-5)33(24(34)23(21)27)20-9-18(31-12-15(20)2)17-6-7-29-25(32-17)26(3,4)35;1-14-8-18(28)21(30-11-14)13-35-22-9-15(2)23(33-24(22)27)17-10-20(31-12-16(17)3)19-6-7-29-25(32-19)26(4,5)34;1-13-8-16(27)19(29-10-13)12-36-22-21(26)23(34)33(15(3)31-22)20-9-18(30-11-14(20)2)17-6-7-28-24(32-17)25(4,5)35/h6-11,35H,12H2,1-5H3;6-12,35H,13H2,1-5H3;6-12,34H,13H2,1-5H3;6-11,35H,12H2,1-5H3. The van der Waals surface area contributed by atoms with Gasteiger partial charge in [0.05, 0.1) is 75.4 Å². The van der Waals surface area contributed by atoms with Gasteiger partial charge in [-0.15, -0.1) is 0 Å². The predicted molar refractivity (Wildman–Crippen MR) is 530 cm³/mol. The van der Waals surface area contributed by atoms with Gasteiger partial charge in [0.1, 0.15) is 116 Å². The Morgan fingerprint density at radius 3 is 1.06 bits per heavy atom. The van der Waals surface area contributed by atoms with Gasteiger partial charge >= 0.3 is 0 Å². The number of hydrogen-bond acceptors (Lipinski definition) is 30. The van der Waals surface area contributed by atoms with Gasteiger partial charge in [-0.3, -0.25) is 54.0 Å². The summed E-state index contributed by atoms with van der Waals surface area (Å²) in [4.78, 5) is 108. The number of aliphatic hydroxyl groups is 4. The molecule has 0 saturated heterocycles. The molecule has 16 rings (SSSR count). The van der Waals surface area contributed by atoms with Gasteiger partial charge in [-0.05, 0) is 266 Å². The van der Waals surface area contributed by atoms with E-state index < -0.39 is 62.6 Å². The number of hydrogen-bond donors (Lipinski definition) is 4. The third-order valence-electron chi connectivity index (χ3n) is 21.7. The number of aromatic nitrogens is 21. The number of ether oxygens (including phenoxy) is 5. The van der Waals surface area contributed by atoms with E-state index >= 15 is 4.39 Å². The molecule has 0 aromatic carbocycles. The molecule has 0 aliphatic carbocycles. The molecule has 16 heterocycles. The van der Waals surface area contributed by atoms with Crippen molar-refractivity contribution in [2.75, 3.05) is 7.11 Å². The lowest BCUT2D eigenvalue weighted by molar-refractivity contribution is 0.0683. The van der Waals surface area contributed by atoms with Crippen LogP contribution in [0, 0.1) is 105 Å². The molecule has 0 aliphatic rings. The van der Waals surface area contributed by atoms with E-state index in [-0.39, 0.29) is 116 Å². The van der Waals surface area contributed by atoms with Gasteiger partial charge in [-0.1, -0.05) is 46.4 Å². The lowest BCUT2D eigenvalue weighted by Crippen LogP contribution is -2.24. The largest absolute Gasteiger partial charge is 0.485 e. The fourth-order valence-corrected chi connectivity index (χ4v) is 14.8. The number of aryl methyl sites for hydroxylation is 11. The Morgan fingerprint density at radius 2 is 0.681 bits per heavy atom. The van der Waals surface area contributed by atoms with E-state index in [9.17, 15) is 47.6 Å². The zero-order valence-corrected chi connectivity index (χ0v) is 84.8.